The number of nitro groups is 1. The molecule has 0 heterocycles. The Labute approximate surface area is 155 Å². The average Bonchev–Trinajstić information content (AvgIpc) is 2.67. The molecule has 2 aromatic rings. The molecule has 0 aliphatic heterocycles. The van der Waals surface area contributed by atoms with Crippen molar-refractivity contribution in [3.05, 3.63) is 57.6 Å². The lowest BCUT2D eigenvalue weighted by Crippen LogP contribution is -2.17. The number of ether oxygens (including phenoxy) is 3. The van der Waals surface area contributed by atoms with Crippen LogP contribution in [0.4, 0.5) is 5.69 Å². The van der Waals surface area contributed by atoms with Crippen LogP contribution in [0.3, 0.4) is 0 Å². The number of nitrogens with one attached hydrogen (secondary N) is 1. The number of methoxy groups -OCH3 is 2. The fraction of sp³-hybridized carbons (Fsp3) is 0.222. The summed E-state index contributed by atoms with van der Waals surface area (Å²) in [5.74, 6) is 0.339. The van der Waals surface area contributed by atoms with Crippen molar-refractivity contribution in [1.29, 1.82) is 0 Å². The summed E-state index contributed by atoms with van der Waals surface area (Å²) in [6.07, 6.45) is 1.28. The molecule has 2 aromatic carbocycles. The van der Waals surface area contributed by atoms with E-state index in [4.69, 9.17) is 14.2 Å². The number of hydrogen-bond acceptors (Lipinski definition) is 7. The smallest absolute Gasteiger partial charge is 0.315 e. The van der Waals surface area contributed by atoms with E-state index in [2.05, 4.69) is 10.5 Å². The monoisotopic (exact) mass is 373 g/mol. The van der Waals surface area contributed by atoms with E-state index in [-0.39, 0.29) is 17.2 Å². The minimum atomic E-state index is -0.576. The van der Waals surface area contributed by atoms with Gasteiger partial charge in [0.1, 0.15) is 5.75 Å². The van der Waals surface area contributed by atoms with E-state index >= 15 is 0 Å². The van der Waals surface area contributed by atoms with Crippen LogP contribution in [0.25, 0.3) is 0 Å². The lowest BCUT2D eigenvalue weighted by Gasteiger charge is -2.10. The van der Waals surface area contributed by atoms with Crippen molar-refractivity contribution in [2.45, 2.75) is 6.92 Å². The van der Waals surface area contributed by atoms with Gasteiger partial charge in [-0.05, 0) is 31.2 Å². The zero-order chi connectivity index (χ0) is 19.8. The molecule has 2 rings (SSSR count). The van der Waals surface area contributed by atoms with Gasteiger partial charge in [0.25, 0.3) is 5.91 Å². The third-order valence-electron chi connectivity index (χ3n) is 3.47. The second kappa shape index (κ2) is 9.18. The van der Waals surface area contributed by atoms with Crippen molar-refractivity contribution in [1.82, 2.24) is 5.43 Å². The van der Waals surface area contributed by atoms with E-state index in [0.717, 1.165) is 0 Å². The number of carbonyl (C=O) groups excluding carboxylic acids is 1. The van der Waals surface area contributed by atoms with E-state index in [0.29, 0.717) is 23.5 Å². The summed E-state index contributed by atoms with van der Waals surface area (Å²) in [7, 11) is 2.83. The zero-order valence-corrected chi connectivity index (χ0v) is 15.1. The van der Waals surface area contributed by atoms with Gasteiger partial charge in [-0.3, -0.25) is 14.9 Å². The Morgan fingerprint density at radius 2 is 2.04 bits per heavy atom. The second-order valence-corrected chi connectivity index (χ2v) is 5.19. The largest absolute Gasteiger partial charge is 0.497 e. The molecule has 0 radical (unpaired) electrons. The first kappa shape index (κ1) is 19.7. The van der Waals surface area contributed by atoms with Crippen LogP contribution in [0.2, 0.25) is 0 Å². The molecule has 0 saturated heterocycles. The van der Waals surface area contributed by atoms with Gasteiger partial charge in [-0.15, -0.1) is 0 Å². The van der Waals surface area contributed by atoms with Gasteiger partial charge in [0.05, 0.1) is 32.0 Å². The van der Waals surface area contributed by atoms with Crippen LogP contribution < -0.4 is 19.6 Å². The molecular weight excluding hydrogens is 354 g/mol. The second-order valence-electron chi connectivity index (χ2n) is 5.19. The molecule has 1 N–H and O–H groups in total. The Hall–Kier alpha value is -3.62. The third-order valence-corrected chi connectivity index (χ3v) is 3.47. The van der Waals surface area contributed by atoms with Crippen molar-refractivity contribution in [3.63, 3.8) is 0 Å². The van der Waals surface area contributed by atoms with Crippen LogP contribution in [0.1, 0.15) is 22.8 Å². The van der Waals surface area contributed by atoms with Crippen LogP contribution in [-0.4, -0.2) is 37.9 Å². The fourth-order valence-electron chi connectivity index (χ4n) is 2.28. The summed E-state index contributed by atoms with van der Waals surface area (Å²) in [6, 6.07) is 9.39. The first-order valence-corrected chi connectivity index (χ1v) is 7.96. The van der Waals surface area contributed by atoms with Gasteiger partial charge >= 0.3 is 5.69 Å². The number of carbonyl (C=O) groups is 1. The highest BCUT2D eigenvalue weighted by Gasteiger charge is 2.21. The van der Waals surface area contributed by atoms with E-state index in [1.54, 1.807) is 31.2 Å². The molecule has 0 spiro atoms. The predicted molar refractivity (Wildman–Crippen MR) is 98.9 cm³/mol. The Bertz CT molecular complexity index is 866. The van der Waals surface area contributed by atoms with Crippen molar-refractivity contribution in [3.8, 4) is 17.2 Å². The van der Waals surface area contributed by atoms with Crippen molar-refractivity contribution in [2.75, 3.05) is 20.8 Å². The summed E-state index contributed by atoms with van der Waals surface area (Å²) < 4.78 is 15.5. The summed E-state index contributed by atoms with van der Waals surface area (Å²) >= 11 is 0. The van der Waals surface area contributed by atoms with Crippen LogP contribution in [0.5, 0.6) is 17.2 Å². The molecular formula is C18H19N3O6. The van der Waals surface area contributed by atoms with Gasteiger partial charge in [-0.25, -0.2) is 5.43 Å². The molecule has 0 bridgehead atoms. The summed E-state index contributed by atoms with van der Waals surface area (Å²) in [5, 5.41) is 15.1. The first-order valence-electron chi connectivity index (χ1n) is 7.96. The number of amides is 1. The van der Waals surface area contributed by atoms with Crippen LogP contribution >= 0.6 is 0 Å². The summed E-state index contributed by atoms with van der Waals surface area (Å²) in [4.78, 5) is 22.8. The zero-order valence-electron chi connectivity index (χ0n) is 15.1. The summed E-state index contributed by atoms with van der Waals surface area (Å²) in [6.45, 7) is 2.06. The highest BCUT2D eigenvalue weighted by Crippen LogP contribution is 2.37. The Kier molecular flexibility index (Phi) is 6.70. The molecule has 0 aliphatic carbocycles. The maximum Gasteiger partial charge on any atom is 0.315 e. The number of nitro benzene ring substituents is 1. The quantitative estimate of drug-likeness (QED) is 0.432. The molecule has 1 amide bonds. The molecule has 0 fully saturated rings. The van der Waals surface area contributed by atoms with Gasteiger partial charge in [-0.2, -0.15) is 5.10 Å². The maximum atomic E-state index is 12.1. The average molecular weight is 373 g/mol. The number of rotatable bonds is 8. The SMILES string of the molecule is CCOc1cc(/C=N/NC(=O)c2cccc(OC)c2)cc([N+](=O)[O-])c1OC. The normalized spacial score (nSPS) is 10.5. The summed E-state index contributed by atoms with van der Waals surface area (Å²) in [5.41, 5.74) is 2.84. The van der Waals surface area contributed by atoms with Crippen LogP contribution in [0.15, 0.2) is 41.5 Å². The molecule has 0 atom stereocenters. The van der Waals surface area contributed by atoms with Crippen LogP contribution in [0, 0.1) is 10.1 Å². The molecule has 9 heteroatoms. The molecule has 27 heavy (non-hydrogen) atoms. The standard InChI is InChI=1S/C18H19N3O6/c1-4-27-16-9-12(8-15(21(23)24)17(16)26-3)11-19-20-18(22)13-6-5-7-14(10-13)25-2/h5-11H,4H2,1-3H3,(H,20,22)/b19-11+. The highest BCUT2D eigenvalue weighted by molar-refractivity contribution is 5.95. The maximum absolute atomic E-state index is 12.1. The van der Waals surface area contributed by atoms with Crippen molar-refractivity contribution < 1.29 is 23.9 Å². The van der Waals surface area contributed by atoms with Gasteiger partial charge in [0, 0.05) is 17.2 Å². The number of hydrogen-bond donors (Lipinski definition) is 1. The Morgan fingerprint density at radius 1 is 1.26 bits per heavy atom. The van der Waals surface area contributed by atoms with Gasteiger partial charge in [-0.1, -0.05) is 6.07 Å². The molecule has 0 saturated carbocycles. The molecule has 0 aliphatic rings. The number of benzene rings is 2. The number of nitrogens with zero attached hydrogens (tertiary/aromatic N) is 2. The van der Waals surface area contributed by atoms with Gasteiger partial charge < -0.3 is 14.2 Å². The Morgan fingerprint density at radius 3 is 2.67 bits per heavy atom. The minimum absolute atomic E-state index is 0.0272. The minimum Gasteiger partial charge on any atom is -0.497 e. The Balaban J connectivity index is 2.22. The number of hydrazone groups is 1. The van der Waals surface area contributed by atoms with Crippen LogP contribution in [-0.2, 0) is 0 Å². The molecule has 142 valence electrons. The van der Waals surface area contributed by atoms with E-state index < -0.39 is 10.8 Å². The van der Waals surface area contributed by atoms with E-state index in [1.165, 1.54) is 32.6 Å². The third kappa shape index (κ3) is 4.94. The topological polar surface area (TPSA) is 112 Å². The lowest BCUT2D eigenvalue weighted by molar-refractivity contribution is -0.385. The van der Waals surface area contributed by atoms with Crippen molar-refractivity contribution >= 4 is 17.8 Å². The lowest BCUT2D eigenvalue weighted by atomic mass is 10.2. The first-order chi connectivity index (χ1) is 13.0. The highest BCUT2D eigenvalue weighted by atomic mass is 16.6. The molecule has 0 aromatic heterocycles. The molecule has 0 unspecified atom stereocenters. The van der Waals surface area contributed by atoms with Crippen molar-refractivity contribution in [2.24, 2.45) is 5.10 Å². The van der Waals surface area contributed by atoms with Gasteiger partial charge in [0.15, 0.2) is 5.75 Å². The molecule has 9 nitrogen and oxygen atoms in total. The van der Waals surface area contributed by atoms with E-state index in [9.17, 15) is 14.9 Å². The van der Waals surface area contributed by atoms with E-state index in [1.807, 2.05) is 0 Å². The fourth-order valence-corrected chi connectivity index (χ4v) is 2.28. The predicted octanol–water partition coefficient (Wildman–Crippen LogP) is 2.77. The van der Waals surface area contributed by atoms with Gasteiger partial charge in [0.2, 0.25) is 5.75 Å².